The fourth-order valence-corrected chi connectivity index (χ4v) is 0.522. The monoisotopic (exact) mass is 140 g/mol. The van der Waals surface area contributed by atoms with Gasteiger partial charge in [0.15, 0.2) is 0 Å². The van der Waals surface area contributed by atoms with Crippen molar-refractivity contribution in [1.29, 1.82) is 5.26 Å². The first kappa shape index (κ1) is 8.96. The maximum Gasteiger partial charge on any atom is 0.220 e. The largest absolute Gasteiger partial charge is 0.340 e. The minimum atomic E-state index is -0.313. The highest BCUT2D eigenvalue weighted by Crippen LogP contribution is 1.88. The van der Waals surface area contributed by atoms with Crippen molar-refractivity contribution < 1.29 is 4.79 Å². The van der Waals surface area contributed by atoms with E-state index in [0.29, 0.717) is 12.8 Å². The van der Waals surface area contributed by atoms with Gasteiger partial charge in [-0.05, 0) is 6.42 Å². The summed E-state index contributed by atoms with van der Waals surface area (Å²) in [6.45, 7) is 3.63. The number of nitrogens with zero attached hydrogens (tertiary/aromatic N) is 1. The van der Waals surface area contributed by atoms with Crippen molar-refractivity contribution in [1.82, 2.24) is 5.32 Å². The average molecular weight is 140 g/mol. The zero-order chi connectivity index (χ0) is 7.98. The van der Waals surface area contributed by atoms with Gasteiger partial charge in [-0.3, -0.25) is 4.79 Å². The normalized spacial score (nSPS) is 11.7. The van der Waals surface area contributed by atoms with E-state index in [0.717, 1.165) is 0 Å². The molecule has 0 spiro atoms. The minimum absolute atomic E-state index is 0.0617. The molecule has 0 aliphatic heterocycles. The van der Waals surface area contributed by atoms with Gasteiger partial charge in [0.05, 0.1) is 6.07 Å². The van der Waals surface area contributed by atoms with Crippen LogP contribution in [-0.4, -0.2) is 11.9 Å². The van der Waals surface area contributed by atoms with Crippen LogP contribution in [0.3, 0.4) is 0 Å². The smallest absolute Gasteiger partial charge is 0.220 e. The zero-order valence-electron chi connectivity index (χ0n) is 6.35. The van der Waals surface area contributed by atoms with Gasteiger partial charge in [0.2, 0.25) is 5.91 Å². The summed E-state index contributed by atoms with van der Waals surface area (Å²) in [6.07, 6.45) is 1.11. The number of hydrogen-bond acceptors (Lipinski definition) is 2. The molecule has 0 aliphatic carbocycles. The lowest BCUT2D eigenvalue weighted by Gasteiger charge is -2.06. The van der Waals surface area contributed by atoms with Crippen LogP contribution in [0.15, 0.2) is 0 Å². The van der Waals surface area contributed by atoms with E-state index in [2.05, 4.69) is 5.32 Å². The number of carbonyl (C=O) groups excluding carboxylic acids is 1. The Morgan fingerprint density at radius 1 is 1.70 bits per heavy atom. The highest BCUT2D eigenvalue weighted by atomic mass is 16.1. The van der Waals surface area contributed by atoms with Gasteiger partial charge in [-0.2, -0.15) is 5.26 Å². The standard InChI is InChI=1S/C7H12N2O/c1-3-6(5-8)9-7(10)4-2/h6H,3-4H2,1-2H3,(H,9,10). The molecule has 3 nitrogen and oxygen atoms in total. The molecule has 0 rings (SSSR count). The molecule has 3 heteroatoms. The van der Waals surface area contributed by atoms with Crippen LogP contribution < -0.4 is 5.32 Å². The number of nitrogens with one attached hydrogen (secondary N) is 1. The first-order chi connectivity index (χ1) is 4.74. The van der Waals surface area contributed by atoms with Crippen LogP contribution in [0.4, 0.5) is 0 Å². The van der Waals surface area contributed by atoms with Gasteiger partial charge >= 0.3 is 0 Å². The lowest BCUT2D eigenvalue weighted by atomic mass is 10.2. The Bertz CT molecular complexity index is 148. The molecule has 1 atom stereocenters. The van der Waals surface area contributed by atoms with Crippen molar-refractivity contribution in [2.45, 2.75) is 32.7 Å². The molecule has 0 aromatic heterocycles. The lowest BCUT2D eigenvalue weighted by Crippen LogP contribution is -2.32. The first-order valence-corrected chi connectivity index (χ1v) is 3.43. The molecule has 0 radical (unpaired) electrons. The molecule has 0 aromatic carbocycles. The zero-order valence-corrected chi connectivity index (χ0v) is 6.35. The van der Waals surface area contributed by atoms with Gasteiger partial charge in [0, 0.05) is 6.42 Å². The number of amides is 1. The Balaban J connectivity index is 3.66. The Kier molecular flexibility index (Phi) is 4.30. The van der Waals surface area contributed by atoms with E-state index >= 15 is 0 Å². The molecular formula is C7H12N2O. The van der Waals surface area contributed by atoms with Gasteiger partial charge < -0.3 is 5.32 Å². The van der Waals surface area contributed by atoms with Crippen molar-refractivity contribution in [3.8, 4) is 6.07 Å². The van der Waals surface area contributed by atoms with E-state index in [1.54, 1.807) is 6.92 Å². The maximum atomic E-state index is 10.7. The van der Waals surface area contributed by atoms with Crippen LogP contribution in [-0.2, 0) is 4.79 Å². The molecule has 1 amide bonds. The summed E-state index contributed by atoms with van der Waals surface area (Å²) in [7, 11) is 0. The fraction of sp³-hybridized carbons (Fsp3) is 0.714. The van der Waals surface area contributed by atoms with Crippen molar-refractivity contribution in [2.24, 2.45) is 0 Å². The molecule has 0 aliphatic rings. The summed E-state index contributed by atoms with van der Waals surface area (Å²) in [6, 6.07) is 1.67. The van der Waals surface area contributed by atoms with E-state index in [-0.39, 0.29) is 11.9 Å². The van der Waals surface area contributed by atoms with Crippen LogP contribution >= 0.6 is 0 Å². The van der Waals surface area contributed by atoms with Crippen molar-refractivity contribution in [3.05, 3.63) is 0 Å². The van der Waals surface area contributed by atoms with E-state index in [9.17, 15) is 4.79 Å². The van der Waals surface area contributed by atoms with E-state index in [1.165, 1.54) is 0 Å². The second-order valence-electron chi connectivity index (χ2n) is 2.01. The van der Waals surface area contributed by atoms with Gasteiger partial charge in [0.1, 0.15) is 6.04 Å². The molecule has 0 saturated carbocycles. The van der Waals surface area contributed by atoms with Crippen LogP contribution in [0.5, 0.6) is 0 Å². The van der Waals surface area contributed by atoms with Gasteiger partial charge in [-0.25, -0.2) is 0 Å². The van der Waals surface area contributed by atoms with Crippen LogP contribution in [0.2, 0.25) is 0 Å². The summed E-state index contributed by atoms with van der Waals surface area (Å²) >= 11 is 0. The summed E-state index contributed by atoms with van der Waals surface area (Å²) in [5.74, 6) is -0.0617. The maximum absolute atomic E-state index is 10.7. The molecule has 0 heterocycles. The molecule has 10 heavy (non-hydrogen) atoms. The van der Waals surface area contributed by atoms with E-state index < -0.39 is 0 Å². The fourth-order valence-electron chi connectivity index (χ4n) is 0.522. The average Bonchev–Trinajstić information content (AvgIpc) is 1.99. The number of carbonyl (C=O) groups is 1. The highest BCUT2D eigenvalue weighted by molar-refractivity contribution is 5.76. The SMILES string of the molecule is CCC(=O)NC(C#N)CC. The first-order valence-electron chi connectivity index (χ1n) is 3.43. The summed E-state index contributed by atoms with van der Waals surface area (Å²) < 4.78 is 0. The molecule has 0 aromatic rings. The Morgan fingerprint density at radius 2 is 2.30 bits per heavy atom. The Morgan fingerprint density at radius 3 is 2.60 bits per heavy atom. The quantitative estimate of drug-likeness (QED) is 0.630. The van der Waals surface area contributed by atoms with Crippen molar-refractivity contribution in [2.75, 3.05) is 0 Å². The Hall–Kier alpha value is -1.04. The molecule has 1 N–H and O–H groups in total. The third kappa shape index (κ3) is 3.08. The van der Waals surface area contributed by atoms with Crippen LogP contribution in [0, 0.1) is 11.3 Å². The van der Waals surface area contributed by atoms with Crippen LogP contribution in [0.1, 0.15) is 26.7 Å². The van der Waals surface area contributed by atoms with E-state index in [1.807, 2.05) is 13.0 Å². The lowest BCUT2D eigenvalue weighted by molar-refractivity contribution is -0.121. The van der Waals surface area contributed by atoms with Crippen molar-refractivity contribution >= 4 is 5.91 Å². The second kappa shape index (κ2) is 4.80. The number of hydrogen-bond donors (Lipinski definition) is 1. The predicted octanol–water partition coefficient (Wildman–Crippen LogP) is 0.815. The predicted molar refractivity (Wildman–Crippen MR) is 38.1 cm³/mol. The molecule has 0 bridgehead atoms. The third-order valence-electron chi connectivity index (χ3n) is 1.22. The molecule has 56 valence electrons. The Labute approximate surface area is 61.0 Å². The minimum Gasteiger partial charge on any atom is -0.340 e. The molecule has 1 unspecified atom stereocenters. The summed E-state index contributed by atoms with van der Waals surface area (Å²) in [5.41, 5.74) is 0. The third-order valence-corrected chi connectivity index (χ3v) is 1.22. The number of nitriles is 1. The molecule has 0 saturated heterocycles. The topological polar surface area (TPSA) is 52.9 Å². The van der Waals surface area contributed by atoms with Gasteiger partial charge in [-0.1, -0.05) is 13.8 Å². The number of rotatable bonds is 3. The second-order valence-corrected chi connectivity index (χ2v) is 2.01. The summed E-state index contributed by atoms with van der Waals surface area (Å²) in [4.78, 5) is 10.7. The van der Waals surface area contributed by atoms with Crippen LogP contribution in [0.25, 0.3) is 0 Å². The highest BCUT2D eigenvalue weighted by Gasteiger charge is 2.05. The van der Waals surface area contributed by atoms with Gasteiger partial charge in [-0.15, -0.1) is 0 Å². The van der Waals surface area contributed by atoms with E-state index in [4.69, 9.17) is 5.26 Å². The van der Waals surface area contributed by atoms with Crippen molar-refractivity contribution in [3.63, 3.8) is 0 Å². The summed E-state index contributed by atoms with van der Waals surface area (Å²) in [5, 5.41) is 11.0. The molecular weight excluding hydrogens is 128 g/mol. The molecule has 0 fully saturated rings. The van der Waals surface area contributed by atoms with Gasteiger partial charge in [0.25, 0.3) is 0 Å².